The van der Waals surface area contributed by atoms with Gasteiger partial charge in [-0.25, -0.2) is 0 Å². The van der Waals surface area contributed by atoms with Crippen LogP contribution in [-0.4, -0.2) is 47.8 Å². The summed E-state index contributed by atoms with van der Waals surface area (Å²) in [5.41, 5.74) is 1.49. The third-order valence-electron chi connectivity index (χ3n) is 5.53. The van der Waals surface area contributed by atoms with Crippen molar-refractivity contribution < 1.29 is 9.59 Å². The van der Waals surface area contributed by atoms with Gasteiger partial charge in [-0.05, 0) is 36.7 Å². The predicted octanol–water partition coefficient (Wildman–Crippen LogP) is 2.48. The maximum Gasteiger partial charge on any atom is 0.222 e. The second kappa shape index (κ2) is 6.73. The normalized spacial score (nSPS) is 20.0. The number of nitrogens with zero attached hydrogens (tertiary/aromatic N) is 2. The molecule has 2 amide bonds. The number of amides is 2. The molecule has 2 heterocycles. The highest BCUT2D eigenvalue weighted by Crippen LogP contribution is 2.40. The van der Waals surface area contributed by atoms with Crippen molar-refractivity contribution in [1.29, 1.82) is 0 Å². The second-order valence-electron chi connectivity index (χ2n) is 7.06. The molecule has 0 unspecified atom stereocenters. The van der Waals surface area contributed by atoms with Crippen molar-refractivity contribution in [2.24, 2.45) is 5.41 Å². The molecule has 0 radical (unpaired) electrons. The van der Waals surface area contributed by atoms with Gasteiger partial charge in [0.05, 0.1) is 0 Å². The van der Waals surface area contributed by atoms with Gasteiger partial charge in [0.1, 0.15) is 0 Å². The van der Waals surface area contributed by atoms with Crippen LogP contribution in [0.5, 0.6) is 0 Å². The smallest absolute Gasteiger partial charge is 0.222 e. The molecule has 0 saturated carbocycles. The fourth-order valence-electron chi connectivity index (χ4n) is 3.90. The van der Waals surface area contributed by atoms with Crippen LogP contribution >= 0.6 is 0 Å². The molecule has 2 fully saturated rings. The van der Waals surface area contributed by atoms with Gasteiger partial charge in [0.2, 0.25) is 11.8 Å². The molecule has 0 N–H and O–H groups in total. The molecule has 124 valence electrons. The fraction of sp³-hybridized carbons (Fsp3) is 0.579. The third-order valence-corrected chi connectivity index (χ3v) is 5.53. The van der Waals surface area contributed by atoms with Crippen molar-refractivity contribution in [3.05, 3.63) is 35.9 Å². The van der Waals surface area contributed by atoms with E-state index in [9.17, 15) is 9.59 Å². The van der Waals surface area contributed by atoms with Gasteiger partial charge in [0, 0.05) is 39.5 Å². The first kappa shape index (κ1) is 16.0. The lowest BCUT2D eigenvalue weighted by atomic mass is 9.77. The number of aryl methyl sites for hydroxylation is 1. The summed E-state index contributed by atoms with van der Waals surface area (Å²) in [6.45, 7) is 5.12. The van der Waals surface area contributed by atoms with Crippen LogP contribution in [0.4, 0.5) is 0 Å². The van der Waals surface area contributed by atoms with Crippen LogP contribution in [-0.2, 0) is 16.0 Å². The molecule has 0 aromatic heterocycles. The van der Waals surface area contributed by atoms with Gasteiger partial charge in [-0.15, -0.1) is 0 Å². The minimum Gasteiger partial charge on any atom is -0.343 e. The Morgan fingerprint density at radius 1 is 1.00 bits per heavy atom. The lowest BCUT2D eigenvalue weighted by Gasteiger charge is -2.39. The lowest BCUT2D eigenvalue weighted by Crippen LogP contribution is -2.44. The average Bonchev–Trinajstić information content (AvgIpc) is 2.98. The zero-order chi connectivity index (χ0) is 16.3. The number of hydrogen-bond acceptors (Lipinski definition) is 2. The second-order valence-corrected chi connectivity index (χ2v) is 7.06. The van der Waals surface area contributed by atoms with E-state index in [4.69, 9.17) is 0 Å². The summed E-state index contributed by atoms with van der Waals surface area (Å²) in [6, 6.07) is 10.2. The van der Waals surface area contributed by atoms with Gasteiger partial charge in [0.25, 0.3) is 0 Å². The van der Waals surface area contributed by atoms with Crippen molar-refractivity contribution in [3.63, 3.8) is 0 Å². The van der Waals surface area contributed by atoms with E-state index in [1.807, 2.05) is 28.0 Å². The van der Waals surface area contributed by atoms with Gasteiger partial charge in [-0.1, -0.05) is 30.3 Å². The molecule has 0 atom stereocenters. The fourth-order valence-corrected chi connectivity index (χ4v) is 3.90. The number of carbonyl (C=O) groups is 2. The Balaban J connectivity index is 1.47. The Morgan fingerprint density at radius 3 is 2.17 bits per heavy atom. The molecule has 1 spiro atoms. The van der Waals surface area contributed by atoms with Gasteiger partial charge < -0.3 is 9.80 Å². The van der Waals surface area contributed by atoms with E-state index in [1.54, 1.807) is 6.92 Å². The van der Waals surface area contributed by atoms with Crippen LogP contribution < -0.4 is 0 Å². The summed E-state index contributed by atoms with van der Waals surface area (Å²) in [6.07, 6.45) is 4.58. The van der Waals surface area contributed by atoms with Gasteiger partial charge in [-0.2, -0.15) is 0 Å². The summed E-state index contributed by atoms with van der Waals surface area (Å²) in [5, 5.41) is 0. The summed E-state index contributed by atoms with van der Waals surface area (Å²) >= 11 is 0. The molecule has 0 bridgehead atoms. The Bertz CT molecular complexity index is 562. The summed E-state index contributed by atoms with van der Waals surface area (Å²) in [4.78, 5) is 27.9. The van der Waals surface area contributed by atoms with E-state index in [-0.39, 0.29) is 17.2 Å². The largest absolute Gasteiger partial charge is 0.343 e. The summed E-state index contributed by atoms with van der Waals surface area (Å²) < 4.78 is 0. The molecule has 1 aromatic carbocycles. The quantitative estimate of drug-likeness (QED) is 0.860. The van der Waals surface area contributed by atoms with Crippen LogP contribution in [0.15, 0.2) is 30.3 Å². The number of benzene rings is 1. The van der Waals surface area contributed by atoms with Crippen molar-refractivity contribution >= 4 is 11.8 Å². The Kier molecular flexibility index (Phi) is 4.69. The molecule has 2 aliphatic rings. The highest BCUT2D eigenvalue weighted by Gasteiger charge is 2.41. The maximum atomic E-state index is 12.4. The molecular weight excluding hydrogens is 288 g/mol. The number of likely N-dealkylation sites (tertiary alicyclic amines) is 2. The minimum absolute atomic E-state index is 0.184. The molecule has 4 nitrogen and oxygen atoms in total. The number of rotatable bonds is 3. The highest BCUT2D eigenvalue weighted by molar-refractivity contribution is 5.76. The SMILES string of the molecule is CC(=O)N1CCC2(CCN(C(=O)CCc3ccccc3)CC2)C1. The molecule has 0 aliphatic carbocycles. The van der Waals surface area contributed by atoms with E-state index < -0.39 is 0 Å². The van der Waals surface area contributed by atoms with Crippen molar-refractivity contribution in [3.8, 4) is 0 Å². The number of hydrogen-bond donors (Lipinski definition) is 0. The number of piperidine rings is 1. The molecular formula is C19H26N2O2. The van der Waals surface area contributed by atoms with E-state index in [0.717, 1.165) is 51.9 Å². The molecule has 23 heavy (non-hydrogen) atoms. The zero-order valence-corrected chi connectivity index (χ0v) is 14.0. The minimum atomic E-state index is 0.184. The van der Waals surface area contributed by atoms with Crippen LogP contribution in [0.1, 0.15) is 38.2 Å². The third kappa shape index (κ3) is 3.74. The molecule has 1 aromatic rings. The van der Waals surface area contributed by atoms with Crippen molar-refractivity contribution in [1.82, 2.24) is 9.80 Å². The van der Waals surface area contributed by atoms with Crippen molar-refractivity contribution in [2.75, 3.05) is 26.2 Å². The Labute approximate surface area is 138 Å². The van der Waals surface area contributed by atoms with Gasteiger partial charge in [0.15, 0.2) is 0 Å². The highest BCUT2D eigenvalue weighted by atomic mass is 16.2. The van der Waals surface area contributed by atoms with Crippen LogP contribution in [0, 0.1) is 5.41 Å². The first-order chi connectivity index (χ1) is 11.1. The van der Waals surface area contributed by atoms with Crippen LogP contribution in [0.25, 0.3) is 0 Å². The summed E-state index contributed by atoms with van der Waals surface area (Å²) in [7, 11) is 0. The predicted molar refractivity (Wildman–Crippen MR) is 89.9 cm³/mol. The van der Waals surface area contributed by atoms with E-state index in [1.165, 1.54) is 5.56 Å². The van der Waals surface area contributed by atoms with E-state index >= 15 is 0 Å². The van der Waals surface area contributed by atoms with Crippen LogP contribution in [0.2, 0.25) is 0 Å². The Morgan fingerprint density at radius 2 is 1.61 bits per heavy atom. The number of carbonyl (C=O) groups excluding carboxylic acids is 2. The van der Waals surface area contributed by atoms with Crippen LogP contribution in [0.3, 0.4) is 0 Å². The zero-order valence-electron chi connectivity index (χ0n) is 14.0. The molecule has 2 saturated heterocycles. The monoisotopic (exact) mass is 314 g/mol. The topological polar surface area (TPSA) is 40.6 Å². The maximum absolute atomic E-state index is 12.4. The first-order valence-corrected chi connectivity index (χ1v) is 8.65. The summed E-state index contributed by atoms with van der Waals surface area (Å²) in [5.74, 6) is 0.452. The Hall–Kier alpha value is -1.84. The average molecular weight is 314 g/mol. The molecule has 4 heteroatoms. The first-order valence-electron chi connectivity index (χ1n) is 8.65. The van der Waals surface area contributed by atoms with Gasteiger partial charge in [-0.3, -0.25) is 9.59 Å². The standard InChI is InChI=1S/C19H26N2O2/c1-16(22)21-14-11-19(15-21)9-12-20(13-10-19)18(23)8-7-17-5-3-2-4-6-17/h2-6H,7-15H2,1H3. The molecule has 3 rings (SSSR count). The van der Waals surface area contributed by atoms with E-state index in [0.29, 0.717) is 6.42 Å². The van der Waals surface area contributed by atoms with E-state index in [2.05, 4.69) is 12.1 Å². The van der Waals surface area contributed by atoms with Crippen molar-refractivity contribution in [2.45, 2.75) is 39.0 Å². The van der Waals surface area contributed by atoms with Gasteiger partial charge >= 0.3 is 0 Å². The molecule has 2 aliphatic heterocycles. The lowest BCUT2D eigenvalue weighted by molar-refractivity contribution is -0.134.